The van der Waals surface area contributed by atoms with Crippen LogP contribution in [-0.2, 0) is 0 Å². The van der Waals surface area contributed by atoms with Crippen molar-refractivity contribution < 1.29 is 0 Å². The summed E-state index contributed by atoms with van der Waals surface area (Å²) >= 11 is 2.28. The summed E-state index contributed by atoms with van der Waals surface area (Å²) in [6.45, 7) is 2.26. The average Bonchev–Trinajstić information content (AvgIpc) is 1.85. The summed E-state index contributed by atoms with van der Waals surface area (Å²) in [5, 5.41) is 0. The molecule has 0 aliphatic heterocycles. The molecule has 0 N–H and O–H groups in total. The molecular formula is C6H17N2PTe. The molecule has 0 unspecified atom stereocenters. The molecule has 0 saturated heterocycles. The van der Waals surface area contributed by atoms with E-state index >= 15 is 0 Å². The number of nitrogens with zero attached hydrogens (tertiary/aromatic N) is 2. The molecule has 0 aliphatic carbocycles. The summed E-state index contributed by atoms with van der Waals surface area (Å²) in [6.07, 6.45) is 1.26. The van der Waals surface area contributed by atoms with Gasteiger partial charge >= 0.3 is 76.6 Å². The second-order valence-electron chi connectivity index (χ2n) is 2.68. The summed E-state index contributed by atoms with van der Waals surface area (Å²) in [5.74, 6) is 0. The van der Waals surface area contributed by atoms with Gasteiger partial charge in [0.05, 0.1) is 0 Å². The summed E-state index contributed by atoms with van der Waals surface area (Å²) in [5.41, 5.74) is 0. The van der Waals surface area contributed by atoms with Crippen LogP contribution in [0.2, 0.25) is 0 Å². The van der Waals surface area contributed by atoms with Crippen LogP contribution in [0.3, 0.4) is 0 Å². The Morgan fingerprint density at radius 3 is 1.40 bits per heavy atom. The van der Waals surface area contributed by atoms with E-state index in [1.807, 2.05) is 0 Å². The molecule has 0 fully saturated rings. The van der Waals surface area contributed by atoms with Crippen LogP contribution in [0, 0.1) is 0 Å². The van der Waals surface area contributed by atoms with Gasteiger partial charge in [0.2, 0.25) is 0 Å². The Labute approximate surface area is 76.7 Å². The predicted molar refractivity (Wildman–Crippen MR) is 50.6 cm³/mol. The Balaban J connectivity index is 4.40. The third-order valence-electron chi connectivity index (χ3n) is 1.66. The van der Waals surface area contributed by atoms with E-state index in [1.165, 1.54) is 6.16 Å². The monoisotopic (exact) mass is 278 g/mol. The van der Waals surface area contributed by atoms with Crippen LogP contribution in [0.1, 0.15) is 6.92 Å². The molecule has 10 heavy (non-hydrogen) atoms. The zero-order chi connectivity index (χ0) is 8.36. The van der Waals surface area contributed by atoms with Gasteiger partial charge in [0.15, 0.2) is 0 Å². The Kier molecular flexibility index (Phi) is 4.72. The van der Waals surface area contributed by atoms with Gasteiger partial charge in [-0.3, -0.25) is 0 Å². The van der Waals surface area contributed by atoms with Crippen LogP contribution >= 0.6 is 4.79 Å². The summed E-state index contributed by atoms with van der Waals surface area (Å²) in [7, 11) is 8.67. The number of hydrogen-bond donors (Lipinski definition) is 0. The van der Waals surface area contributed by atoms with Crippen molar-refractivity contribution in [2.24, 2.45) is 0 Å². The van der Waals surface area contributed by atoms with Crippen molar-refractivity contribution in [3.8, 4) is 0 Å². The molecule has 0 amide bonds. The van der Waals surface area contributed by atoms with Crippen LogP contribution in [0.4, 0.5) is 0 Å². The predicted octanol–water partition coefficient (Wildman–Crippen LogP) is 1.06. The van der Waals surface area contributed by atoms with Crippen molar-refractivity contribution in [1.82, 2.24) is 9.34 Å². The fraction of sp³-hybridized carbons (Fsp3) is 1.00. The van der Waals surface area contributed by atoms with E-state index in [-0.39, 0.29) is 0 Å². The number of hydrogen-bond acceptors (Lipinski definition) is 2. The molecule has 2 nitrogen and oxygen atoms in total. The van der Waals surface area contributed by atoms with Crippen molar-refractivity contribution >= 4 is 26.0 Å². The third kappa shape index (κ3) is 2.32. The Bertz CT molecular complexity index is 133. The van der Waals surface area contributed by atoms with E-state index in [0.717, 1.165) is 0 Å². The second kappa shape index (κ2) is 4.24. The molecule has 4 heteroatoms. The van der Waals surface area contributed by atoms with E-state index in [9.17, 15) is 0 Å². The van der Waals surface area contributed by atoms with Gasteiger partial charge in [0, 0.05) is 0 Å². The molecular weight excluding hydrogens is 259 g/mol. The maximum absolute atomic E-state index is 2.36. The normalized spacial score (nSPS) is 13.1. The first-order chi connectivity index (χ1) is 4.45. The first-order valence-corrected chi connectivity index (χ1v) is 8.32. The fourth-order valence-corrected chi connectivity index (χ4v) is 2.77. The van der Waals surface area contributed by atoms with Gasteiger partial charge in [-0.15, -0.1) is 0 Å². The van der Waals surface area contributed by atoms with Crippen molar-refractivity contribution in [2.45, 2.75) is 6.92 Å². The van der Waals surface area contributed by atoms with Crippen LogP contribution in [0.5, 0.6) is 0 Å². The summed E-state index contributed by atoms with van der Waals surface area (Å²) in [4.78, 5) is -0.917. The minimum atomic E-state index is -0.917. The van der Waals surface area contributed by atoms with Crippen molar-refractivity contribution in [2.75, 3.05) is 34.4 Å². The molecule has 0 rings (SSSR count). The molecule has 0 aromatic rings. The van der Waals surface area contributed by atoms with Gasteiger partial charge < -0.3 is 0 Å². The van der Waals surface area contributed by atoms with Crippen molar-refractivity contribution in [1.29, 1.82) is 0 Å². The molecule has 62 valence electrons. The molecule has 0 radical (unpaired) electrons. The third-order valence-corrected chi connectivity index (χ3v) is 12.8. The minimum absolute atomic E-state index is 0.917. The number of rotatable bonds is 3. The van der Waals surface area contributed by atoms with E-state index in [2.05, 4.69) is 65.7 Å². The van der Waals surface area contributed by atoms with E-state index in [1.54, 1.807) is 0 Å². The Morgan fingerprint density at radius 2 is 1.40 bits per heavy atom. The van der Waals surface area contributed by atoms with Crippen LogP contribution in [0.15, 0.2) is 0 Å². The molecule has 0 atom stereocenters. The first-order valence-electron chi connectivity index (χ1n) is 3.39. The van der Waals surface area contributed by atoms with Gasteiger partial charge in [-0.25, -0.2) is 0 Å². The van der Waals surface area contributed by atoms with Gasteiger partial charge in [-0.2, -0.15) is 0 Å². The van der Waals surface area contributed by atoms with Crippen LogP contribution < -0.4 is 0 Å². The molecule has 0 aliphatic rings. The van der Waals surface area contributed by atoms with E-state index < -0.39 is 4.79 Å². The Morgan fingerprint density at radius 1 is 1.10 bits per heavy atom. The Hall–Kier alpha value is 1.14. The van der Waals surface area contributed by atoms with Crippen molar-refractivity contribution in [3.63, 3.8) is 0 Å². The summed E-state index contributed by atoms with van der Waals surface area (Å²) < 4.78 is 4.72. The fourth-order valence-electron chi connectivity index (χ4n) is 0.923. The molecule has 0 spiro atoms. The van der Waals surface area contributed by atoms with Crippen LogP contribution in [0.25, 0.3) is 0 Å². The zero-order valence-electron chi connectivity index (χ0n) is 7.46. The summed E-state index contributed by atoms with van der Waals surface area (Å²) in [6, 6.07) is 0. The topological polar surface area (TPSA) is 6.48 Å². The first kappa shape index (κ1) is 11.1. The molecule has 0 aromatic carbocycles. The maximum atomic E-state index is 2.36. The van der Waals surface area contributed by atoms with E-state index in [4.69, 9.17) is 0 Å². The van der Waals surface area contributed by atoms with Gasteiger partial charge in [-0.05, 0) is 0 Å². The van der Waals surface area contributed by atoms with Crippen LogP contribution in [-0.4, -0.2) is 64.9 Å². The quantitative estimate of drug-likeness (QED) is 0.561. The zero-order valence-corrected chi connectivity index (χ0v) is 10.7. The van der Waals surface area contributed by atoms with Gasteiger partial charge in [0.25, 0.3) is 0 Å². The molecule has 0 heterocycles. The second-order valence-corrected chi connectivity index (χ2v) is 11.2. The van der Waals surface area contributed by atoms with Crippen molar-refractivity contribution in [3.05, 3.63) is 0 Å². The van der Waals surface area contributed by atoms with E-state index in [0.29, 0.717) is 0 Å². The van der Waals surface area contributed by atoms with Gasteiger partial charge in [0.1, 0.15) is 0 Å². The molecule has 0 bridgehead atoms. The van der Waals surface area contributed by atoms with Gasteiger partial charge in [-0.1, -0.05) is 0 Å². The standard InChI is InChI=1S/C6H17N2PTe/c1-6-9(10,7(2)3)8(4)5/h6H2,1-5H3. The molecule has 0 aromatic heterocycles. The average molecular weight is 276 g/mol. The SMILES string of the molecule is CCP(=[Te])(N(C)C)N(C)C. The molecule has 0 saturated carbocycles.